The minimum absolute atomic E-state index is 0.0302. The van der Waals surface area contributed by atoms with Crippen LogP contribution < -0.4 is 4.74 Å². The molecular formula is C13H16N2O2S. The van der Waals surface area contributed by atoms with Gasteiger partial charge in [-0.05, 0) is 36.8 Å². The number of aryl methyl sites for hydroxylation is 1. The molecule has 0 aliphatic carbocycles. The maximum Gasteiger partial charge on any atom is 0.177 e. The predicted molar refractivity (Wildman–Crippen MR) is 72.2 cm³/mol. The first-order valence-corrected chi connectivity index (χ1v) is 6.19. The molecule has 2 aromatic rings. The summed E-state index contributed by atoms with van der Waals surface area (Å²) in [6.45, 7) is 3.13. The molecule has 0 saturated carbocycles. The normalized spacial score (nSPS) is 10.6. The van der Waals surface area contributed by atoms with E-state index in [1.54, 1.807) is 6.20 Å². The topological polar surface area (TPSA) is 50.2 Å². The largest absolute Gasteiger partial charge is 0.492 e. The number of rotatable bonds is 5. The Morgan fingerprint density at radius 3 is 3.00 bits per heavy atom. The van der Waals surface area contributed by atoms with E-state index in [4.69, 9.17) is 22.1 Å². The lowest BCUT2D eigenvalue weighted by atomic mass is 10.2. The van der Waals surface area contributed by atoms with Crippen LogP contribution in [0.25, 0.3) is 0 Å². The first-order valence-electron chi connectivity index (χ1n) is 5.78. The number of aromatic nitrogens is 2. The molecule has 4 nitrogen and oxygen atoms in total. The predicted octanol–water partition coefficient (Wildman–Crippen LogP) is 2.43. The Labute approximate surface area is 111 Å². The van der Waals surface area contributed by atoms with Crippen molar-refractivity contribution in [3.63, 3.8) is 0 Å². The quantitative estimate of drug-likeness (QED) is 0.815. The zero-order chi connectivity index (χ0) is 13.0. The summed E-state index contributed by atoms with van der Waals surface area (Å²) >= 11 is 5.13. The average molecular weight is 264 g/mol. The van der Waals surface area contributed by atoms with Crippen LogP contribution in [0.5, 0.6) is 5.75 Å². The highest BCUT2D eigenvalue weighted by atomic mass is 32.1. The second-order valence-electron chi connectivity index (χ2n) is 4.06. The van der Waals surface area contributed by atoms with Crippen molar-refractivity contribution in [2.75, 3.05) is 6.61 Å². The standard InChI is InChI=1S/C13H16N2O2S/c1-10-3-2-4-12(7-10)17-6-5-15-11(9-16)8-14-13(15)18/h2-4,7-8,16H,5-6,9H2,1H3,(H,14,18). The Balaban J connectivity index is 1.96. The summed E-state index contributed by atoms with van der Waals surface area (Å²) in [6, 6.07) is 7.91. The minimum atomic E-state index is -0.0302. The summed E-state index contributed by atoms with van der Waals surface area (Å²) < 4.78 is 8.09. The molecule has 0 aliphatic rings. The zero-order valence-electron chi connectivity index (χ0n) is 10.2. The van der Waals surface area contributed by atoms with Gasteiger partial charge < -0.3 is 19.4 Å². The van der Waals surface area contributed by atoms with Crippen molar-refractivity contribution in [1.29, 1.82) is 0 Å². The Morgan fingerprint density at radius 1 is 1.44 bits per heavy atom. The highest BCUT2D eigenvalue weighted by Crippen LogP contribution is 2.12. The molecule has 5 heteroatoms. The van der Waals surface area contributed by atoms with Crippen LogP contribution in [0.4, 0.5) is 0 Å². The van der Waals surface area contributed by atoms with Gasteiger partial charge in [-0.2, -0.15) is 0 Å². The van der Waals surface area contributed by atoms with Crippen molar-refractivity contribution in [3.8, 4) is 5.75 Å². The highest BCUT2D eigenvalue weighted by Gasteiger charge is 2.02. The van der Waals surface area contributed by atoms with Gasteiger partial charge >= 0.3 is 0 Å². The second-order valence-corrected chi connectivity index (χ2v) is 4.45. The van der Waals surface area contributed by atoms with Crippen molar-refractivity contribution >= 4 is 12.2 Å². The molecule has 0 spiro atoms. The van der Waals surface area contributed by atoms with Crippen molar-refractivity contribution in [2.45, 2.75) is 20.1 Å². The SMILES string of the molecule is Cc1cccc(OCCn2c(CO)c[nH]c2=S)c1. The maximum atomic E-state index is 9.16. The number of imidazole rings is 1. The summed E-state index contributed by atoms with van der Waals surface area (Å²) in [4.78, 5) is 2.91. The van der Waals surface area contributed by atoms with Gasteiger partial charge in [0.1, 0.15) is 12.4 Å². The number of H-pyrrole nitrogens is 1. The Hall–Kier alpha value is -1.59. The minimum Gasteiger partial charge on any atom is -0.492 e. The van der Waals surface area contributed by atoms with Crippen LogP contribution in [0, 0.1) is 11.7 Å². The van der Waals surface area contributed by atoms with Gasteiger partial charge in [0, 0.05) is 6.20 Å². The lowest BCUT2D eigenvalue weighted by Crippen LogP contribution is -2.11. The van der Waals surface area contributed by atoms with Gasteiger partial charge in [-0.1, -0.05) is 12.1 Å². The van der Waals surface area contributed by atoms with Crippen LogP contribution in [0.1, 0.15) is 11.3 Å². The smallest absolute Gasteiger partial charge is 0.177 e. The molecule has 1 heterocycles. The average Bonchev–Trinajstić information content (AvgIpc) is 2.71. The molecule has 2 N–H and O–H groups in total. The van der Waals surface area contributed by atoms with Gasteiger partial charge in [0.05, 0.1) is 18.8 Å². The fourth-order valence-electron chi connectivity index (χ4n) is 1.77. The molecule has 1 aromatic carbocycles. The molecule has 0 amide bonds. The third-order valence-electron chi connectivity index (χ3n) is 2.69. The van der Waals surface area contributed by atoms with Crippen LogP contribution in [0.3, 0.4) is 0 Å². The summed E-state index contributed by atoms with van der Waals surface area (Å²) in [5, 5.41) is 9.16. The first kappa shape index (κ1) is 12.9. The summed E-state index contributed by atoms with van der Waals surface area (Å²) in [7, 11) is 0. The van der Waals surface area contributed by atoms with Crippen LogP contribution in [0.2, 0.25) is 0 Å². The van der Waals surface area contributed by atoms with Crippen LogP contribution in [-0.2, 0) is 13.2 Å². The number of ether oxygens (including phenoxy) is 1. The molecule has 0 aliphatic heterocycles. The monoisotopic (exact) mass is 264 g/mol. The van der Waals surface area contributed by atoms with Gasteiger partial charge in [-0.15, -0.1) is 0 Å². The molecule has 0 unspecified atom stereocenters. The molecule has 0 radical (unpaired) electrons. The van der Waals surface area contributed by atoms with E-state index < -0.39 is 0 Å². The molecule has 18 heavy (non-hydrogen) atoms. The van der Waals surface area contributed by atoms with E-state index in [-0.39, 0.29) is 6.61 Å². The lowest BCUT2D eigenvalue weighted by molar-refractivity contribution is 0.258. The van der Waals surface area contributed by atoms with Gasteiger partial charge in [0.25, 0.3) is 0 Å². The van der Waals surface area contributed by atoms with E-state index in [0.717, 1.165) is 11.4 Å². The fourth-order valence-corrected chi connectivity index (χ4v) is 2.03. The Bertz CT molecular complexity index is 574. The molecule has 0 atom stereocenters. The first-order chi connectivity index (χ1) is 8.70. The molecule has 0 saturated heterocycles. The summed E-state index contributed by atoms with van der Waals surface area (Å²) in [6.07, 6.45) is 1.72. The maximum absolute atomic E-state index is 9.16. The number of benzene rings is 1. The van der Waals surface area contributed by atoms with Gasteiger partial charge in [0.2, 0.25) is 0 Å². The summed E-state index contributed by atoms with van der Waals surface area (Å²) in [5.41, 5.74) is 1.94. The Morgan fingerprint density at radius 2 is 2.28 bits per heavy atom. The van der Waals surface area contributed by atoms with E-state index >= 15 is 0 Å². The number of hydrogen-bond acceptors (Lipinski definition) is 3. The lowest BCUT2D eigenvalue weighted by Gasteiger charge is -2.09. The Kier molecular flexibility index (Phi) is 4.17. The van der Waals surface area contributed by atoms with E-state index in [1.807, 2.05) is 35.8 Å². The van der Waals surface area contributed by atoms with E-state index in [0.29, 0.717) is 17.9 Å². The zero-order valence-corrected chi connectivity index (χ0v) is 11.0. The number of nitrogens with zero attached hydrogens (tertiary/aromatic N) is 1. The molecule has 0 fully saturated rings. The highest BCUT2D eigenvalue weighted by molar-refractivity contribution is 7.71. The van der Waals surface area contributed by atoms with Crippen LogP contribution in [-0.4, -0.2) is 21.3 Å². The number of aliphatic hydroxyl groups is 1. The summed E-state index contributed by atoms with van der Waals surface area (Å²) in [5.74, 6) is 0.850. The third kappa shape index (κ3) is 3.00. The molecule has 2 rings (SSSR count). The number of hydrogen-bond donors (Lipinski definition) is 2. The molecule has 1 aromatic heterocycles. The molecule has 0 bridgehead atoms. The van der Waals surface area contributed by atoms with E-state index in [1.165, 1.54) is 5.56 Å². The fraction of sp³-hybridized carbons (Fsp3) is 0.308. The van der Waals surface area contributed by atoms with Gasteiger partial charge in [-0.3, -0.25) is 0 Å². The number of aliphatic hydroxyl groups excluding tert-OH is 1. The van der Waals surface area contributed by atoms with Crippen LogP contribution >= 0.6 is 12.2 Å². The van der Waals surface area contributed by atoms with Crippen LogP contribution in [0.15, 0.2) is 30.5 Å². The van der Waals surface area contributed by atoms with E-state index in [2.05, 4.69) is 4.98 Å². The molecular weight excluding hydrogens is 248 g/mol. The van der Waals surface area contributed by atoms with Gasteiger partial charge in [0.15, 0.2) is 4.77 Å². The number of aromatic amines is 1. The van der Waals surface area contributed by atoms with Gasteiger partial charge in [-0.25, -0.2) is 0 Å². The van der Waals surface area contributed by atoms with Crippen molar-refractivity contribution < 1.29 is 9.84 Å². The van der Waals surface area contributed by atoms with Crippen molar-refractivity contribution in [3.05, 3.63) is 46.5 Å². The van der Waals surface area contributed by atoms with Crippen molar-refractivity contribution in [1.82, 2.24) is 9.55 Å². The van der Waals surface area contributed by atoms with E-state index in [9.17, 15) is 0 Å². The third-order valence-corrected chi connectivity index (χ3v) is 3.03. The molecule has 96 valence electrons. The second kappa shape index (κ2) is 5.84. The van der Waals surface area contributed by atoms with Crippen molar-refractivity contribution in [2.24, 2.45) is 0 Å². The number of nitrogens with one attached hydrogen (secondary N) is 1.